The number of hydrogen-bond acceptors (Lipinski definition) is 3. The lowest BCUT2D eigenvalue weighted by Crippen LogP contribution is -2.06. The van der Waals surface area contributed by atoms with Crippen LogP contribution in [0.15, 0.2) is 12.3 Å². The van der Waals surface area contributed by atoms with Crippen molar-refractivity contribution in [3.63, 3.8) is 0 Å². The number of aliphatic hydroxyl groups is 1. The maximum Gasteiger partial charge on any atom is 0.0868 e. The third kappa shape index (κ3) is 1.56. The van der Waals surface area contributed by atoms with E-state index in [2.05, 4.69) is 29.4 Å². The van der Waals surface area contributed by atoms with Crippen LogP contribution in [0.4, 0.5) is 0 Å². The number of rotatable bonds is 2. The highest BCUT2D eigenvalue weighted by molar-refractivity contribution is 14.1. The molecular formula is C5H9IN2O. The lowest BCUT2D eigenvalue weighted by molar-refractivity contribution is 0.387. The second-order valence-corrected chi connectivity index (χ2v) is 3.29. The Morgan fingerprint density at radius 3 is 2.44 bits per heavy atom. The van der Waals surface area contributed by atoms with Gasteiger partial charge in [0.05, 0.1) is 18.0 Å². The molecule has 1 aliphatic heterocycles. The van der Waals surface area contributed by atoms with Crippen molar-refractivity contribution in [3.8, 4) is 0 Å². The smallest absolute Gasteiger partial charge is 0.0868 e. The van der Waals surface area contributed by atoms with Gasteiger partial charge in [0.15, 0.2) is 0 Å². The van der Waals surface area contributed by atoms with Gasteiger partial charge in [-0.2, -0.15) is 0 Å². The van der Waals surface area contributed by atoms with E-state index in [1.54, 1.807) is 0 Å². The van der Waals surface area contributed by atoms with Gasteiger partial charge in [0.2, 0.25) is 0 Å². The molecule has 52 valence electrons. The Labute approximate surface area is 68.0 Å². The quantitative estimate of drug-likeness (QED) is 0.324. The molecule has 0 radical (unpaired) electrons. The van der Waals surface area contributed by atoms with E-state index in [0.29, 0.717) is 12.5 Å². The van der Waals surface area contributed by atoms with Gasteiger partial charge in [-0.05, 0) is 0 Å². The van der Waals surface area contributed by atoms with Gasteiger partial charge in [0, 0.05) is 29.3 Å². The largest absolute Gasteiger partial charge is 0.513 e. The summed E-state index contributed by atoms with van der Waals surface area (Å²) in [5, 5.41) is 8.72. The van der Waals surface area contributed by atoms with Crippen LogP contribution in [0, 0.1) is 0 Å². The predicted molar refractivity (Wildman–Crippen MR) is 44.0 cm³/mol. The first-order valence-corrected chi connectivity index (χ1v) is 3.66. The maximum absolute atomic E-state index is 8.72. The first-order valence-electron chi connectivity index (χ1n) is 2.69. The second kappa shape index (κ2) is 2.43. The minimum absolute atomic E-state index is 0.120. The van der Waals surface area contributed by atoms with E-state index in [9.17, 15) is 0 Å². The molecule has 1 aliphatic rings. The molecule has 3 N–H and O–H groups in total. The average Bonchev–Trinajstić information content (AvgIpc) is 2.22. The summed E-state index contributed by atoms with van der Waals surface area (Å²) < 4.78 is 1.96. The van der Waals surface area contributed by atoms with Crippen molar-refractivity contribution in [1.29, 1.82) is 0 Å². The normalized spacial score (nSPS) is 40.4. The fraction of sp³-hybridized carbons (Fsp3) is 0.600. The van der Waals surface area contributed by atoms with Gasteiger partial charge >= 0.3 is 0 Å². The second-order valence-electron chi connectivity index (χ2n) is 2.17. The summed E-state index contributed by atoms with van der Waals surface area (Å²) in [6, 6.07) is 0.308. The van der Waals surface area contributed by atoms with E-state index in [0.717, 1.165) is 0 Å². The fourth-order valence-corrected chi connectivity index (χ4v) is 1.47. The van der Waals surface area contributed by atoms with Crippen LogP contribution in [0.1, 0.15) is 6.42 Å². The Kier molecular flexibility index (Phi) is 1.97. The van der Waals surface area contributed by atoms with Gasteiger partial charge in [-0.3, -0.25) is 0 Å². The van der Waals surface area contributed by atoms with Crippen LogP contribution in [0.5, 0.6) is 0 Å². The highest BCUT2D eigenvalue weighted by atomic mass is 127. The topological polar surface area (TPSA) is 49.3 Å². The van der Waals surface area contributed by atoms with Crippen LogP contribution in [0.25, 0.3) is 0 Å². The Bertz CT molecular complexity index is 131. The summed E-state index contributed by atoms with van der Waals surface area (Å²) in [6.45, 7) is 3.37. The molecule has 1 rings (SSSR count). The molecule has 9 heavy (non-hydrogen) atoms. The molecule has 1 saturated heterocycles. The van der Waals surface area contributed by atoms with E-state index in [4.69, 9.17) is 10.8 Å². The minimum atomic E-state index is 0.120. The van der Waals surface area contributed by atoms with Gasteiger partial charge in [-0.15, -0.1) is 0 Å². The van der Waals surface area contributed by atoms with E-state index in [-0.39, 0.29) is 11.9 Å². The number of halogens is 1. The van der Waals surface area contributed by atoms with Gasteiger partial charge in [-0.25, -0.2) is 3.11 Å². The maximum atomic E-state index is 8.72. The summed E-state index contributed by atoms with van der Waals surface area (Å²) in [4.78, 5) is 0. The van der Waals surface area contributed by atoms with Crippen LogP contribution in [0.2, 0.25) is 0 Å². The van der Waals surface area contributed by atoms with E-state index in [1.807, 2.05) is 3.11 Å². The number of nitrogens with two attached hydrogens (primary N) is 1. The van der Waals surface area contributed by atoms with Crippen LogP contribution in [-0.2, 0) is 0 Å². The molecule has 4 heteroatoms. The molecule has 0 bridgehead atoms. The monoisotopic (exact) mass is 240 g/mol. The lowest BCUT2D eigenvalue weighted by atomic mass is 10.3. The highest BCUT2D eigenvalue weighted by Crippen LogP contribution is 2.32. The molecule has 0 aromatic heterocycles. The molecule has 0 saturated carbocycles. The summed E-state index contributed by atoms with van der Waals surface area (Å²) in [7, 11) is 0. The van der Waals surface area contributed by atoms with Crippen molar-refractivity contribution in [2.75, 3.05) is 0 Å². The standard InChI is InChI=1S/C5H9IN2O/c1-3(9)2-4-5(7)8(4)6/h4-5,9H,1-2,7H2. The van der Waals surface area contributed by atoms with Crippen molar-refractivity contribution in [2.45, 2.75) is 18.6 Å². The predicted octanol–water partition coefficient (Wildman–Crippen LogP) is 0.767. The van der Waals surface area contributed by atoms with Crippen molar-refractivity contribution in [1.82, 2.24) is 3.11 Å². The summed E-state index contributed by atoms with van der Waals surface area (Å²) in [5.41, 5.74) is 5.52. The Morgan fingerprint density at radius 2 is 2.33 bits per heavy atom. The van der Waals surface area contributed by atoms with Gasteiger partial charge in [-0.1, -0.05) is 6.58 Å². The van der Waals surface area contributed by atoms with Gasteiger partial charge < -0.3 is 10.8 Å². The molecule has 3 unspecified atom stereocenters. The molecule has 0 aliphatic carbocycles. The van der Waals surface area contributed by atoms with Crippen molar-refractivity contribution in [2.24, 2.45) is 5.73 Å². The van der Waals surface area contributed by atoms with E-state index >= 15 is 0 Å². The first-order chi connectivity index (χ1) is 4.13. The zero-order valence-corrected chi connectivity index (χ0v) is 7.08. The Hall–Kier alpha value is 0.190. The van der Waals surface area contributed by atoms with Crippen LogP contribution >= 0.6 is 22.9 Å². The minimum Gasteiger partial charge on any atom is -0.513 e. The Morgan fingerprint density at radius 1 is 1.89 bits per heavy atom. The summed E-state index contributed by atoms with van der Waals surface area (Å²) in [5.74, 6) is 0.217. The molecule has 1 fully saturated rings. The molecular weight excluding hydrogens is 231 g/mol. The zero-order chi connectivity index (χ0) is 7.02. The van der Waals surface area contributed by atoms with Crippen molar-refractivity contribution < 1.29 is 5.11 Å². The SMILES string of the molecule is C=C(O)CC1C(N)N1I. The third-order valence-electron chi connectivity index (χ3n) is 1.35. The van der Waals surface area contributed by atoms with Gasteiger partial charge in [0.25, 0.3) is 0 Å². The average molecular weight is 240 g/mol. The van der Waals surface area contributed by atoms with Gasteiger partial charge in [0.1, 0.15) is 0 Å². The Balaban J connectivity index is 2.25. The van der Waals surface area contributed by atoms with Crippen molar-refractivity contribution >= 4 is 22.9 Å². The fourth-order valence-electron chi connectivity index (χ4n) is 0.718. The molecule has 3 nitrogen and oxygen atoms in total. The lowest BCUT2D eigenvalue weighted by Gasteiger charge is -1.91. The molecule has 0 aromatic rings. The summed E-state index contributed by atoms with van der Waals surface area (Å²) in [6.07, 6.45) is 0.721. The van der Waals surface area contributed by atoms with E-state index < -0.39 is 0 Å². The zero-order valence-electron chi connectivity index (χ0n) is 4.92. The molecule has 0 spiro atoms. The number of nitrogens with zero attached hydrogens (tertiary/aromatic N) is 1. The highest BCUT2D eigenvalue weighted by Gasteiger charge is 2.43. The molecule has 1 heterocycles. The van der Waals surface area contributed by atoms with E-state index in [1.165, 1.54) is 0 Å². The summed E-state index contributed by atoms with van der Waals surface area (Å²) >= 11 is 2.13. The first kappa shape index (κ1) is 7.30. The van der Waals surface area contributed by atoms with Crippen LogP contribution < -0.4 is 5.73 Å². The molecule has 3 atom stereocenters. The third-order valence-corrected chi connectivity index (χ3v) is 2.71. The number of hydrogen-bond donors (Lipinski definition) is 2. The molecule has 0 amide bonds. The van der Waals surface area contributed by atoms with Crippen molar-refractivity contribution in [3.05, 3.63) is 12.3 Å². The molecule has 0 aromatic carbocycles. The number of aliphatic hydroxyl groups excluding tert-OH is 1. The van der Waals surface area contributed by atoms with Crippen LogP contribution in [-0.4, -0.2) is 20.4 Å². The van der Waals surface area contributed by atoms with Crippen LogP contribution in [0.3, 0.4) is 0 Å².